The molecule has 8 atom stereocenters. The van der Waals surface area contributed by atoms with Gasteiger partial charge in [0.1, 0.15) is 5.75 Å². The number of benzene rings is 1. The van der Waals surface area contributed by atoms with E-state index in [9.17, 15) is 5.11 Å². The van der Waals surface area contributed by atoms with Crippen LogP contribution in [-0.2, 0) is 12.8 Å². The van der Waals surface area contributed by atoms with Gasteiger partial charge in [-0.1, -0.05) is 53.9 Å². The molecule has 2 nitrogen and oxygen atoms in total. The van der Waals surface area contributed by atoms with E-state index in [0.29, 0.717) is 16.6 Å². The third kappa shape index (κ3) is 3.71. The molecule has 0 saturated heterocycles. The minimum absolute atomic E-state index is 0.404. The Balaban J connectivity index is 1.24. The lowest BCUT2D eigenvalue weighted by Gasteiger charge is -2.60. The second-order valence-electron chi connectivity index (χ2n) is 14.4. The van der Waals surface area contributed by atoms with Crippen LogP contribution in [0.15, 0.2) is 18.2 Å². The predicted molar refractivity (Wildman–Crippen MR) is 147 cm³/mol. The number of H-pyrrole nitrogens is 1. The first-order valence-corrected chi connectivity index (χ1v) is 15.0. The number of rotatable bonds is 5. The largest absolute Gasteiger partial charge is 0.508 e. The van der Waals surface area contributed by atoms with E-state index < -0.39 is 0 Å². The van der Waals surface area contributed by atoms with Crippen molar-refractivity contribution in [3.05, 3.63) is 29.5 Å². The summed E-state index contributed by atoms with van der Waals surface area (Å²) in [4.78, 5) is 3.74. The van der Waals surface area contributed by atoms with Crippen molar-refractivity contribution in [2.75, 3.05) is 0 Å². The van der Waals surface area contributed by atoms with Crippen LogP contribution >= 0.6 is 0 Å². The van der Waals surface area contributed by atoms with Crippen LogP contribution in [0.25, 0.3) is 10.9 Å². The van der Waals surface area contributed by atoms with E-state index in [2.05, 4.69) is 45.7 Å². The van der Waals surface area contributed by atoms with Gasteiger partial charge in [0.15, 0.2) is 0 Å². The summed E-state index contributed by atoms with van der Waals surface area (Å²) in [6.45, 7) is 12.7. The number of aromatic nitrogens is 1. The van der Waals surface area contributed by atoms with Crippen LogP contribution < -0.4 is 0 Å². The fraction of sp³-hybridized carbons (Fsp3) is 0.758. The number of aromatic amines is 1. The number of hydrogen-bond acceptors (Lipinski definition) is 1. The van der Waals surface area contributed by atoms with E-state index in [1.165, 1.54) is 92.8 Å². The Morgan fingerprint density at radius 3 is 2.57 bits per heavy atom. The molecule has 0 bridgehead atoms. The van der Waals surface area contributed by atoms with Gasteiger partial charge in [-0.2, -0.15) is 0 Å². The van der Waals surface area contributed by atoms with Crippen LogP contribution in [-0.4, -0.2) is 10.1 Å². The Labute approximate surface area is 213 Å². The SMILES string of the molecule is CC(C)CCCC(C)C1CCC2C3CCC4Cc5[nH]c6ccc(O)cc6c5CC4(C)C3CCC12C. The molecule has 0 radical (unpaired) electrons. The second-order valence-corrected chi connectivity index (χ2v) is 14.4. The fourth-order valence-electron chi connectivity index (χ4n) is 10.5. The molecule has 2 heteroatoms. The van der Waals surface area contributed by atoms with Crippen LogP contribution in [0.1, 0.15) is 104 Å². The number of nitrogens with one attached hydrogen (secondary N) is 1. The highest BCUT2D eigenvalue weighted by atomic mass is 16.3. The van der Waals surface area contributed by atoms with Gasteiger partial charge in [0, 0.05) is 16.6 Å². The topological polar surface area (TPSA) is 36.0 Å². The van der Waals surface area contributed by atoms with Gasteiger partial charge in [0.05, 0.1) is 0 Å². The first-order chi connectivity index (χ1) is 16.7. The zero-order chi connectivity index (χ0) is 24.5. The third-order valence-corrected chi connectivity index (χ3v) is 12.3. The number of phenols is 1. The zero-order valence-corrected chi connectivity index (χ0v) is 23.0. The van der Waals surface area contributed by atoms with Crippen LogP contribution in [0.2, 0.25) is 0 Å². The van der Waals surface area contributed by atoms with Crippen molar-refractivity contribution in [3.8, 4) is 5.75 Å². The fourth-order valence-corrected chi connectivity index (χ4v) is 10.5. The Bertz CT molecular complexity index is 1080. The molecule has 0 spiro atoms. The summed E-state index contributed by atoms with van der Waals surface area (Å²) in [6.07, 6.45) is 15.4. The standard InChI is InChI=1S/C33H49NO/c1-20(2)7-6-8-21(3)27-12-13-28-24-11-9-22-17-31-26(25-18-23(35)10-14-30(25)34-31)19-33(22,5)29(24)15-16-32(27,28)4/h10,14,18,20-22,24,27-29,34-35H,6-9,11-13,15-17,19H2,1-5H3. The van der Waals surface area contributed by atoms with Gasteiger partial charge in [-0.05, 0) is 127 Å². The maximum absolute atomic E-state index is 10.2. The molecule has 1 aromatic carbocycles. The van der Waals surface area contributed by atoms with Crippen LogP contribution in [0, 0.1) is 52.3 Å². The molecule has 6 rings (SSSR count). The molecule has 0 amide bonds. The van der Waals surface area contributed by atoms with Gasteiger partial charge in [-0.3, -0.25) is 0 Å². The minimum atomic E-state index is 0.404. The Morgan fingerprint density at radius 1 is 0.971 bits per heavy atom. The Kier molecular flexibility index (Phi) is 5.85. The average Bonchev–Trinajstić information content (AvgIpc) is 3.33. The lowest BCUT2D eigenvalue weighted by atomic mass is 9.44. The van der Waals surface area contributed by atoms with Crippen molar-refractivity contribution in [3.63, 3.8) is 0 Å². The lowest BCUT2D eigenvalue weighted by molar-refractivity contribution is -0.103. The van der Waals surface area contributed by atoms with E-state index in [4.69, 9.17) is 0 Å². The Morgan fingerprint density at radius 2 is 1.77 bits per heavy atom. The van der Waals surface area contributed by atoms with Crippen LogP contribution in [0.4, 0.5) is 0 Å². The van der Waals surface area contributed by atoms with Crippen LogP contribution in [0.5, 0.6) is 5.75 Å². The first kappa shape index (κ1) is 23.9. The normalized spacial score (nSPS) is 39.2. The summed E-state index contributed by atoms with van der Waals surface area (Å²) in [5, 5.41) is 11.5. The van der Waals surface area contributed by atoms with Crippen molar-refractivity contribution in [2.24, 2.45) is 52.3 Å². The average molecular weight is 476 g/mol. The second kappa shape index (κ2) is 8.56. The van der Waals surface area contributed by atoms with E-state index in [0.717, 1.165) is 41.4 Å². The zero-order valence-electron chi connectivity index (χ0n) is 23.0. The summed E-state index contributed by atoms with van der Waals surface area (Å²) in [5.41, 5.74) is 5.19. The molecule has 2 N–H and O–H groups in total. The van der Waals surface area contributed by atoms with E-state index in [1.54, 1.807) is 0 Å². The maximum Gasteiger partial charge on any atom is 0.116 e. The van der Waals surface area contributed by atoms with E-state index in [-0.39, 0.29) is 0 Å². The van der Waals surface area contributed by atoms with Gasteiger partial charge in [0.2, 0.25) is 0 Å². The molecule has 4 aliphatic rings. The third-order valence-electron chi connectivity index (χ3n) is 12.3. The molecule has 8 unspecified atom stereocenters. The highest BCUT2D eigenvalue weighted by Gasteiger charge is 2.60. The van der Waals surface area contributed by atoms with E-state index >= 15 is 0 Å². The smallest absolute Gasteiger partial charge is 0.116 e. The van der Waals surface area contributed by atoms with Crippen LogP contribution in [0.3, 0.4) is 0 Å². The molecule has 1 aromatic heterocycles. The van der Waals surface area contributed by atoms with Gasteiger partial charge < -0.3 is 10.1 Å². The Hall–Kier alpha value is -1.44. The minimum Gasteiger partial charge on any atom is -0.508 e. The lowest BCUT2D eigenvalue weighted by Crippen LogP contribution is -2.54. The van der Waals surface area contributed by atoms with Gasteiger partial charge in [0.25, 0.3) is 0 Å². The van der Waals surface area contributed by atoms with Crippen molar-refractivity contribution in [1.29, 1.82) is 0 Å². The predicted octanol–water partition coefficient (Wildman–Crippen LogP) is 8.91. The number of aromatic hydroxyl groups is 1. The summed E-state index contributed by atoms with van der Waals surface area (Å²) >= 11 is 0. The molecule has 2 aromatic rings. The summed E-state index contributed by atoms with van der Waals surface area (Å²) in [7, 11) is 0. The quantitative estimate of drug-likeness (QED) is 0.445. The van der Waals surface area contributed by atoms with Crippen molar-refractivity contribution < 1.29 is 5.11 Å². The highest BCUT2D eigenvalue weighted by Crippen LogP contribution is 2.68. The van der Waals surface area contributed by atoms with Gasteiger partial charge in [-0.25, -0.2) is 0 Å². The van der Waals surface area contributed by atoms with E-state index in [1.807, 2.05) is 12.1 Å². The van der Waals surface area contributed by atoms with Gasteiger partial charge in [-0.15, -0.1) is 0 Å². The molecule has 3 saturated carbocycles. The molecule has 35 heavy (non-hydrogen) atoms. The summed E-state index contributed by atoms with van der Waals surface area (Å²) < 4.78 is 0. The van der Waals surface area contributed by atoms with Gasteiger partial charge >= 0.3 is 0 Å². The van der Waals surface area contributed by atoms with Crippen molar-refractivity contribution >= 4 is 10.9 Å². The number of hydrogen-bond donors (Lipinski definition) is 2. The monoisotopic (exact) mass is 475 g/mol. The molecule has 3 fully saturated rings. The molecule has 4 aliphatic carbocycles. The highest BCUT2D eigenvalue weighted by molar-refractivity contribution is 5.86. The molecule has 1 heterocycles. The number of fused-ring (bicyclic) bond motifs is 8. The summed E-state index contributed by atoms with van der Waals surface area (Å²) in [6, 6.07) is 5.91. The summed E-state index contributed by atoms with van der Waals surface area (Å²) in [5.74, 6) is 6.66. The number of phenolic OH excluding ortho intramolecular Hbond substituents is 1. The van der Waals surface area contributed by atoms with Crippen molar-refractivity contribution in [1.82, 2.24) is 4.98 Å². The molecular weight excluding hydrogens is 426 g/mol. The molecule has 192 valence electrons. The maximum atomic E-state index is 10.2. The first-order valence-electron chi connectivity index (χ1n) is 15.0. The molecular formula is C33H49NO. The van der Waals surface area contributed by atoms with Crippen molar-refractivity contribution in [2.45, 2.75) is 105 Å². The molecule has 0 aliphatic heterocycles.